The topological polar surface area (TPSA) is 31.6 Å². The zero-order chi connectivity index (χ0) is 11.5. The maximum absolute atomic E-state index is 5.33. The van der Waals surface area contributed by atoms with Gasteiger partial charge in [0.1, 0.15) is 5.76 Å². The van der Waals surface area contributed by atoms with Crippen LogP contribution in [-0.4, -0.2) is 18.9 Å². The van der Waals surface area contributed by atoms with Crippen LogP contribution in [0, 0.1) is 6.92 Å². The Hall–Kier alpha value is -0.735. The van der Waals surface area contributed by atoms with Crippen molar-refractivity contribution in [3.63, 3.8) is 0 Å². The summed E-state index contributed by atoms with van der Waals surface area (Å²) in [7, 11) is 0.431. The summed E-state index contributed by atoms with van der Waals surface area (Å²) in [4.78, 5) is 0. The summed E-state index contributed by atoms with van der Waals surface area (Å²) in [5, 5.41) is 0. The lowest BCUT2D eigenvalue weighted by Gasteiger charge is -2.32. The standard InChI is InChI=1S/C6H13BO2.C5H6O/c1-5(2)6(3,4)9-7-8-5;1-5-3-2-4-6-5/h7H,1-4H3;2-4H,1H3. The molecule has 0 aromatic carbocycles. The van der Waals surface area contributed by atoms with Gasteiger partial charge < -0.3 is 13.7 Å². The van der Waals surface area contributed by atoms with Crippen molar-refractivity contribution in [1.29, 1.82) is 0 Å². The minimum absolute atomic E-state index is 0.132. The zero-order valence-corrected chi connectivity index (χ0v) is 10.2. The first-order valence-corrected chi connectivity index (χ1v) is 5.13. The van der Waals surface area contributed by atoms with E-state index >= 15 is 0 Å². The van der Waals surface area contributed by atoms with Crippen LogP contribution in [0.2, 0.25) is 0 Å². The van der Waals surface area contributed by atoms with Crippen LogP contribution in [0.1, 0.15) is 33.5 Å². The number of rotatable bonds is 0. The first-order chi connectivity index (χ1) is 6.85. The predicted molar refractivity (Wildman–Crippen MR) is 60.9 cm³/mol. The lowest BCUT2D eigenvalue weighted by atomic mass is 9.90. The molecule has 1 aliphatic heterocycles. The lowest BCUT2D eigenvalue weighted by molar-refractivity contribution is 0.00578. The zero-order valence-electron chi connectivity index (χ0n) is 10.2. The summed E-state index contributed by atoms with van der Waals surface area (Å²) in [6, 6.07) is 3.79. The first-order valence-electron chi connectivity index (χ1n) is 5.13. The molecule has 1 aromatic heterocycles. The molecule has 0 saturated carbocycles. The van der Waals surface area contributed by atoms with Gasteiger partial charge in [0, 0.05) is 0 Å². The minimum atomic E-state index is -0.132. The van der Waals surface area contributed by atoms with E-state index in [1.165, 1.54) is 0 Å². The largest absolute Gasteiger partial charge is 0.470 e. The van der Waals surface area contributed by atoms with E-state index in [2.05, 4.69) is 0 Å². The van der Waals surface area contributed by atoms with Crippen molar-refractivity contribution in [2.24, 2.45) is 0 Å². The Labute approximate surface area is 92.1 Å². The van der Waals surface area contributed by atoms with Crippen molar-refractivity contribution in [3.05, 3.63) is 24.2 Å². The third kappa shape index (κ3) is 3.11. The van der Waals surface area contributed by atoms with Crippen LogP contribution < -0.4 is 0 Å². The summed E-state index contributed by atoms with van der Waals surface area (Å²) in [6.45, 7) is 10.1. The molecule has 0 bridgehead atoms. The van der Waals surface area contributed by atoms with Crippen LogP contribution in [0.4, 0.5) is 0 Å². The SMILES string of the molecule is CC1(C)OBOC1(C)C.Cc1ccco1. The van der Waals surface area contributed by atoms with E-state index in [4.69, 9.17) is 13.7 Å². The van der Waals surface area contributed by atoms with E-state index in [1.807, 2.05) is 46.8 Å². The summed E-state index contributed by atoms with van der Waals surface area (Å²) in [5.41, 5.74) is -0.264. The molecule has 0 unspecified atom stereocenters. The maximum atomic E-state index is 5.33. The summed E-state index contributed by atoms with van der Waals surface area (Å²) >= 11 is 0. The molecule has 84 valence electrons. The second kappa shape index (κ2) is 4.41. The molecule has 3 nitrogen and oxygen atoms in total. The van der Waals surface area contributed by atoms with Crippen molar-refractivity contribution in [3.8, 4) is 0 Å². The fourth-order valence-corrected chi connectivity index (χ4v) is 1.03. The molecule has 0 aliphatic carbocycles. The number of aryl methyl sites for hydroxylation is 1. The molecule has 0 spiro atoms. The average Bonchev–Trinajstić information content (AvgIpc) is 2.63. The molecule has 2 rings (SSSR count). The molecule has 0 N–H and O–H groups in total. The summed E-state index contributed by atoms with van der Waals surface area (Å²) in [5.74, 6) is 0.968. The molecule has 4 heteroatoms. The van der Waals surface area contributed by atoms with Gasteiger partial charge in [0.25, 0.3) is 0 Å². The molecule has 0 radical (unpaired) electrons. The van der Waals surface area contributed by atoms with Gasteiger partial charge in [0.05, 0.1) is 17.5 Å². The molecule has 0 atom stereocenters. The van der Waals surface area contributed by atoms with Gasteiger partial charge in [-0.25, -0.2) is 0 Å². The van der Waals surface area contributed by atoms with Gasteiger partial charge in [0.15, 0.2) is 0 Å². The molecule has 2 heterocycles. The summed E-state index contributed by atoms with van der Waals surface area (Å²) in [6.07, 6.45) is 1.66. The molecule has 0 amide bonds. The van der Waals surface area contributed by atoms with E-state index in [9.17, 15) is 0 Å². The normalized spacial score (nSPS) is 21.4. The van der Waals surface area contributed by atoms with Crippen LogP contribution in [0.25, 0.3) is 0 Å². The van der Waals surface area contributed by atoms with Gasteiger partial charge in [-0.2, -0.15) is 0 Å². The first kappa shape index (κ1) is 12.3. The highest BCUT2D eigenvalue weighted by molar-refractivity contribution is 6.19. The fraction of sp³-hybridized carbons (Fsp3) is 0.636. The second-order valence-corrected chi connectivity index (χ2v) is 4.65. The molecule has 15 heavy (non-hydrogen) atoms. The quantitative estimate of drug-likeness (QED) is 0.616. The van der Waals surface area contributed by atoms with Gasteiger partial charge in [-0.05, 0) is 46.8 Å². The maximum Gasteiger partial charge on any atom is 0.439 e. The van der Waals surface area contributed by atoms with E-state index in [0.29, 0.717) is 7.69 Å². The van der Waals surface area contributed by atoms with Crippen molar-refractivity contribution >= 4 is 7.69 Å². The van der Waals surface area contributed by atoms with Crippen LogP contribution in [0.3, 0.4) is 0 Å². The lowest BCUT2D eigenvalue weighted by Crippen LogP contribution is -2.41. The highest BCUT2D eigenvalue weighted by atomic mass is 16.7. The molecule has 1 aromatic rings. The van der Waals surface area contributed by atoms with Gasteiger partial charge in [-0.3, -0.25) is 0 Å². The molecule has 1 aliphatic rings. The number of hydrogen-bond donors (Lipinski definition) is 0. The minimum Gasteiger partial charge on any atom is -0.470 e. The van der Waals surface area contributed by atoms with Gasteiger partial charge in [-0.15, -0.1) is 0 Å². The summed E-state index contributed by atoms with van der Waals surface area (Å²) < 4.78 is 15.5. The highest BCUT2D eigenvalue weighted by Gasteiger charge is 2.44. The van der Waals surface area contributed by atoms with E-state index in [1.54, 1.807) is 6.26 Å². The van der Waals surface area contributed by atoms with Crippen molar-refractivity contribution < 1.29 is 13.7 Å². The van der Waals surface area contributed by atoms with Crippen LogP contribution >= 0.6 is 0 Å². The Morgan fingerprint density at radius 1 is 1.07 bits per heavy atom. The number of furan rings is 1. The van der Waals surface area contributed by atoms with Crippen molar-refractivity contribution in [2.45, 2.75) is 45.8 Å². The van der Waals surface area contributed by atoms with Gasteiger partial charge in [-0.1, -0.05) is 0 Å². The van der Waals surface area contributed by atoms with Gasteiger partial charge in [0.2, 0.25) is 0 Å². The number of hydrogen-bond acceptors (Lipinski definition) is 3. The third-order valence-electron chi connectivity index (χ3n) is 2.95. The van der Waals surface area contributed by atoms with E-state index in [-0.39, 0.29) is 11.2 Å². The Bertz CT molecular complexity index is 277. The van der Waals surface area contributed by atoms with E-state index in [0.717, 1.165) is 5.76 Å². The molecule has 1 saturated heterocycles. The van der Waals surface area contributed by atoms with Crippen molar-refractivity contribution in [1.82, 2.24) is 0 Å². The Morgan fingerprint density at radius 3 is 1.73 bits per heavy atom. The Balaban J connectivity index is 0.000000162. The molecular weight excluding hydrogens is 191 g/mol. The third-order valence-corrected chi connectivity index (χ3v) is 2.95. The Kier molecular flexibility index (Phi) is 3.63. The van der Waals surface area contributed by atoms with Crippen molar-refractivity contribution in [2.75, 3.05) is 0 Å². The Morgan fingerprint density at radius 2 is 1.60 bits per heavy atom. The fourth-order valence-electron chi connectivity index (χ4n) is 1.03. The second-order valence-electron chi connectivity index (χ2n) is 4.65. The smallest absolute Gasteiger partial charge is 0.439 e. The van der Waals surface area contributed by atoms with Crippen LogP contribution in [0.5, 0.6) is 0 Å². The average molecular weight is 210 g/mol. The van der Waals surface area contributed by atoms with Crippen LogP contribution in [-0.2, 0) is 9.31 Å². The van der Waals surface area contributed by atoms with E-state index < -0.39 is 0 Å². The van der Waals surface area contributed by atoms with Gasteiger partial charge >= 0.3 is 7.69 Å². The highest BCUT2D eigenvalue weighted by Crippen LogP contribution is 2.33. The molecule has 1 fully saturated rings. The van der Waals surface area contributed by atoms with Crippen LogP contribution in [0.15, 0.2) is 22.8 Å². The predicted octanol–water partition coefficient (Wildman–Crippen LogP) is 2.44. The molecular formula is C11H19BO3. The monoisotopic (exact) mass is 210 g/mol.